The maximum atomic E-state index is 4.77. The third kappa shape index (κ3) is 3.76. The Labute approximate surface area is 173 Å². The van der Waals surface area contributed by atoms with Crippen LogP contribution >= 0.6 is 50.1 Å². The van der Waals surface area contributed by atoms with Crippen molar-refractivity contribution in [3.05, 3.63) is 39.9 Å². The summed E-state index contributed by atoms with van der Waals surface area (Å²) >= 11 is 8.56. The van der Waals surface area contributed by atoms with Crippen LogP contribution in [0.4, 0.5) is 0 Å². The monoisotopic (exact) mass is 463 g/mol. The number of unbranched alkanes of at least 4 members (excludes halogenated alkanes) is 3. The van der Waals surface area contributed by atoms with Gasteiger partial charge >= 0.3 is 0 Å². The van der Waals surface area contributed by atoms with Crippen LogP contribution in [0.15, 0.2) is 34.2 Å². The highest BCUT2D eigenvalue weighted by Gasteiger charge is 2.15. The lowest BCUT2D eigenvalue weighted by Crippen LogP contribution is -1.92. The van der Waals surface area contributed by atoms with Gasteiger partial charge in [-0.1, -0.05) is 30.7 Å². The molecule has 0 unspecified atom stereocenters. The lowest BCUT2D eigenvalue weighted by atomic mass is 10.1. The molecule has 0 amide bonds. The van der Waals surface area contributed by atoms with E-state index in [4.69, 9.17) is 4.98 Å². The summed E-state index contributed by atoms with van der Waals surface area (Å²) in [6.07, 6.45) is 7.99. The molecule has 4 aromatic heterocycles. The topological polar surface area (TPSA) is 38.7 Å². The van der Waals surface area contributed by atoms with Crippen LogP contribution in [0.5, 0.6) is 0 Å². The van der Waals surface area contributed by atoms with Gasteiger partial charge in [0.25, 0.3) is 0 Å². The minimum Gasteiger partial charge on any atom is -0.259 e. The summed E-state index contributed by atoms with van der Waals surface area (Å²) in [7, 11) is 0. The van der Waals surface area contributed by atoms with E-state index >= 15 is 0 Å². The van der Waals surface area contributed by atoms with E-state index < -0.39 is 0 Å². The third-order valence-corrected chi connectivity index (χ3v) is 8.02. The van der Waals surface area contributed by atoms with Crippen LogP contribution in [0.2, 0.25) is 0 Å². The van der Waals surface area contributed by atoms with Crippen molar-refractivity contribution in [3.63, 3.8) is 0 Å². The molecule has 7 heteroatoms. The molecule has 3 nitrogen and oxygen atoms in total. The molecule has 134 valence electrons. The average Bonchev–Trinajstić information content (AvgIpc) is 3.38. The second kappa shape index (κ2) is 8.25. The molecule has 0 aromatic carbocycles. The Hall–Kier alpha value is -1.15. The minimum absolute atomic E-state index is 0.997. The van der Waals surface area contributed by atoms with E-state index in [0.29, 0.717) is 0 Å². The number of pyridine rings is 1. The van der Waals surface area contributed by atoms with Gasteiger partial charge in [-0.2, -0.15) is 0 Å². The van der Waals surface area contributed by atoms with Crippen molar-refractivity contribution in [2.24, 2.45) is 0 Å². The molecule has 4 aromatic rings. The highest BCUT2D eigenvalue weighted by Crippen LogP contribution is 2.40. The molecule has 0 fully saturated rings. The van der Waals surface area contributed by atoms with E-state index in [2.05, 4.69) is 56.7 Å². The molecular formula is C19H18BrN3S3. The van der Waals surface area contributed by atoms with Crippen molar-refractivity contribution in [2.75, 3.05) is 0 Å². The van der Waals surface area contributed by atoms with Gasteiger partial charge in [-0.3, -0.25) is 4.98 Å². The van der Waals surface area contributed by atoms with E-state index in [1.165, 1.54) is 51.8 Å². The van der Waals surface area contributed by atoms with Gasteiger partial charge in [-0.15, -0.1) is 27.8 Å². The van der Waals surface area contributed by atoms with Gasteiger partial charge in [0.1, 0.15) is 5.52 Å². The fourth-order valence-corrected chi connectivity index (χ4v) is 6.15. The quantitative estimate of drug-likeness (QED) is 0.267. The summed E-state index contributed by atoms with van der Waals surface area (Å²) in [6.45, 7) is 2.24. The molecule has 0 atom stereocenters. The Bertz CT molecular complexity index is 1020. The molecule has 0 aliphatic carbocycles. The molecule has 0 saturated heterocycles. The van der Waals surface area contributed by atoms with Crippen molar-refractivity contribution >= 4 is 60.4 Å². The smallest absolute Gasteiger partial charge is 0.118 e. The predicted molar refractivity (Wildman–Crippen MR) is 117 cm³/mol. The Kier molecular flexibility index (Phi) is 5.78. The number of halogens is 1. The molecule has 26 heavy (non-hydrogen) atoms. The molecule has 0 bridgehead atoms. The van der Waals surface area contributed by atoms with Gasteiger partial charge in [-0.05, 0) is 64.6 Å². The maximum absolute atomic E-state index is 4.77. The van der Waals surface area contributed by atoms with Gasteiger partial charge in [-0.25, -0.2) is 0 Å². The van der Waals surface area contributed by atoms with Gasteiger partial charge in [0.15, 0.2) is 0 Å². The van der Waals surface area contributed by atoms with E-state index in [1.54, 1.807) is 22.7 Å². The second-order valence-corrected chi connectivity index (χ2v) is 10.4. The molecule has 4 heterocycles. The number of aryl methyl sites for hydroxylation is 1. The van der Waals surface area contributed by atoms with Crippen LogP contribution in [0.3, 0.4) is 0 Å². The number of fused-ring (bicyclic) bond motifs is 1. The number of thiophene rings is 2. The zero-order valence-corrected chi connectivity index (χ0v) is 18.4. The molecule has 0 aliphatic rings. The predicted octanol–water partition coefficient (Wildman–Crippen LogP) is 7.43. The SMILES string of the molecule is CCCCCCc1ncc(-c2ccc(-c3ccc(Br)s3)s2)c2nnsc12. The van der Waals surface area contributed by atoms with Crippen molar-refractivity contribution in [1.29, 1.82) is 0 Å². The van der Waals surface area contributed by atoms with Crippen LogP contribution in [0.1, 0.15) is 38.3 Å². The van der Waals surface area contributed by atoms with Crippen LogP contribution in [-0.4, -0.2) is 14.6 Å². The highest BCUT2D eigenvalue weighted by molar-refractivity contribution is 9.11. The molecule has 0 radical (unpaired) electrons. The number of hydrogen-bond acceptors (Lipinski definition) is 6. The lowest BCUT2D eigenvalue weighted by molar-refractivity contribution is 0.663. The van der Waals surface area contributed by atoms with E-state index in [0.717, 1.165) is 31.7 Å². The maximum Gasteiger partial charge on any atom is 0.118 e. The van der Waals surface area contributed by atoms with Crippen molar-refractivity contribution in [1.82, 2.24) is 14.6 Å². The minimum atomic E-state index is 0.997. The zero-order chi connectivity index (χ0) is 17.9. The fraction of sp³-hybridized carbons (Fsp3) is 0.316. The van der Waals surface area contributed by atoms with Crippen LogP contribution in [-0.2, 0) is 6.42 Å². The van der Waals surface area contributed by atoms with Gasteiger partial charge in [0.05, 0.1) is 14.2 Å². The fourth-order valence-electron chi connectivity index (χ4n) is 2.96. The summed E-state index contributed by atoms with van der Waals surface area (Å²) in [5, 5.41) is 4.42. The van der Waals surface area contributed by atoms with Crippen LogP contribution in [0, 0.1) is 0 Å². The van der Waals surface area contributed by atoms with E-state index in [9.17, 15) is 0 Å². The molecular weight excluding hydrogens is 446 g/mol. The Morgan fingerprint density at radius 3 is 2.58 bits per heavy atom. The summed E-state index contributed by atoms with van der Waals surface area (Å²) in [6, 6.07) is 8.60. The molecule has 0 N–H and O–H groups in total. The van der Waals surface area contributed by atoms with Gasteiger partial charge in [0.2, 0.25) is 0 Å². The molecule has 0 spiro atoms. The van der Waals surface area contributed by atoms with Crippen molar-refractivity contribution < 1.29 is 0 Å². The molecule has 0 saturated carbocycles. The lowest BCUT2D eigenvalue weighted by Gasteiger charge is -2.04. The van der Waals surface area contributed by atoms with Gasteiger partial charge < -0.3 is 0 Å². The van der Waals surface area contributed by atoms with E-state index in [1.807, 2.05) is 6.20 Å². The first-order valence-corrected chi connectivity index (χ1v) is 11.9. The van der Waals surface area contributed by atoms with E-state index in [-0.39, 0.29) is 0 Å². The first-order chi connectivity index (χ1) is 12.8. The van der Waals surface area contributed by atoms with Crippen LogP contribution < -0.4 is 0 Å². The summed E-state index contributed by atoms with van der Waals surface area (Å²) in [5.74, 6) is 0. The molecule has 0 aliphatic heterocycles. The van der Waals surface area contributed by atoms with Crippen LogP contribution in [0.25, 0.3) is 30.4 Å². The largest absolute Gasteiger partial charge is 0.259 e. The Balaban J connectivity index is 1.63. The zero-order valence-electron chi connectivity index (χ0n) is 14.4. The summed E-state index contributed by atoms with van der Waals surface area (Å²) in [4.78, 5) is 8.53. The standard InChI is InChI=1S/C19H18BrN3S3/c1-2-3-4-5-6-13-19-18(22-23-26-19)12(11-21-13)14-7-8-15(24-14)16-9-10-17(20)25-16/h7-11H,2-6H2,1H3. The average molecular weight is 464 g/mol. The normalized spacial score (nSPS) is 11.5. The summed E-state index contributed by atoms with van der Waals surface area (Å²) < 4.78 is 6.51. The first-order valence-electron chi connectivity index (χ1n) is 8.72. The third-order valence-electron chi connectivity index (χ3n) is 4.31. The van der Waals surface area contributed by atoms with Crippen molar-refractivity contribution in [3.8, 4) is 20.2 Å². The first kappa shape index (κ1) is 18.2. The number of aromatic nitrogens is 3. The van der Waals surface area contributed by atoms with Gasteiger partial charge in [0, 0.05) is 26.4 Å². The Morgan fingerprint density at radius 2 is 1.77 bits per heavy atom. The second-order valence-electron chi connectivity index (χ2n) is 6.15. The summed E-state index contributed by atoms with van der Waals surface area (Å²) in [5.41, 5.74) is 3.24. The van der Waals surface area contributed by atoms with Crippen molar-refractivity contribution in [2.45, 2.75) is 39.0 Å². The number of hydrogen-bond donors (Lipinski definition) is 0. The number of rotatable bonds is 7. The number of nitrogens with zero attached hydrogens (tertiary/aromatic N) is 3. The highest BCUT2D eigenvalue weighted by atomic mass is 79.9. The molecule has 4 rings (SSSR count). The Morgan fingerprint density at radius 1 is 0.962 bits per heavy atom.